The van der Waals surface area contributed by atoms with Gasteiger partial charge in [0.2, 0.25) is 0 Å². The number of phenols is 1. The van der Waals surface area contributed by atoms with Crippen molar-refractivity contribution < 1.29 is 9.52 Å². The van der Waals surface area contributed by atoms with Crippen molar-refractivity contribution in [3.05, 3.63) is 66.9 Å². The Balaban J connectivity index is 0.000000125. The van der Waals surface area contributed by atoms with Gasteiger partial charge in [0.15, 0.2) is 0 Å². The molecule has 80 valence electrons. The second-order valence-corrected chi connectivity index (χ2v) is 3.29. The van der Waals surface area contributed by atoms with Crippen LogP contribution in [0.1, 0.15) is 0 Å². The summed E-state index contributed by atoms with van der Waals surface area (Å²) < 4.78 is 5.12. The number of hydrogen-bond acceptors (Lipinski definition) is 2. The van der Waals surface area contributed by atoms with Gasteiger partial charge in [-0.1, -0.05) is 36.4 Å². The minimum absolute atomic E-state index is 0.322. The molecule has 2 heteroatoms. The first kappa shape index (κ1) is 10.3. The van der Waals surface area contributed by atoms with Crippen LogP contribution in [0.4, 0.5) is 0 Å². The Morgan fingerprint density at radius 2 is 1.44 bits per heavy atom. The van der Waals surface area contributed by atoms with E-state index >= 15 is 0 Å². The van der Waals surface area contributed by atoms with Crippen LogP contribution in [0, 0.1) is 0 Å². The van der Waals surface area contributed by atoms with Crippen LogP contribution in [0.3, 0.4) is 0 Å². The van der Waals surface area contributed by atoms with Crippen LogP contribution in [0.25, 0.3) is 11.0 Å². The third kappa shape index (κ3) is 2.64. The molecule has 3 aromatic rings. The molecule has 0 fully saturated rings. The highest BCUT2D eigenvalue weighted by atomic mass is 16.3. The predicted molar refractivity (Wildman–Crippen MR) is 64.3 cm³/mol. The number of aromatic hydroxyl groups is 1. The van der Waals surface area contributed by atoms with Crippen molar-refractivity contribution in [2.45, 2.75) is 0 Å². The first-order valence-corrected chi connectivity index (χ1v) is 5.02. The van der Waals surface area contributed by atoms with E-state index in [1.54, 1.807) is 30.5 Å². The van der Waals surface area contributed by atoms with Gasteiger partial charge in [0, 0.05) is 5.39 Å². The van der Waals surface area contributed by atoms with Crippen molar-refractivity contribution in [2.24, 2.45) is 0 Å². The molecule has 2 aromatic carbocycles. The summed E-state index contributed by atoms with van der Waals surface area (Å²) in [7, 11) is 0. The average molecular weight is 212 g/mol. The summed E-state index contributed by atoms with van der Waals surface area (Å²) in [6.45, 7) is 0. The molecule has 0 saturated heterocycles. The number of furan rings is 1. The molecule has 1 aromatic heterocycles. The molecule has 0 atom stereocenters. The normalized spacial score (nSPS) is 9.50. The van der Waals surface area contributed by atoms with Gasteiger partial charge in [-0.25, -0.2) is 0 Å². The van der Waals surface area contributed by atoms with E-state index in [0.29, 0.717) is 5.75 Å². The van der Waals surface area contributed by atoms with Gasteiger partial charge >= 0.3 is 0 Å². The Labute approximate surface area is 93.8 Å². The Kier molecular flexibility index (Phi) is 3.24. The molecule has 16 heavy (non-hydrogen) atoms. The van der Waals surface area contributed by atoms with Gasteiger partial charge in [-0.2, -0.15) is 0 Å². The number of phenolic OH excluding ortho intramolecular Hbond substituents is 1. The van der Waals surface area contributed by atoms with Crippen LogP contribution in [-0.2, 0) is 0 Å². The van der Waals surface area contributed by atoms with Gasteiger partial charge in [-0.3, -0.25) is 0 Å². The molecule has 1 heterocycles. The highest BCUT2D eigenvalue weighted by Gasteiger charge is 1.89. The van der Waals surface area contributed by atoms with E-state index < -0.39 is 0 Å². The molecule has 0 aliphatic carbocycles. The van der Waals surface area contributed by atoms with Gasteiger partial charge in [0.05, 0.1) is 6.26 Å². The zero-order chi connectivity index (χ0) is 11.2. The standard InChI is InChI=1S/C8H6O.C6H6O/c1-2-4-8-7(3-1)5-6-9-8;7-6-4-2-1-3-5-6/h1-6H;1-5,7H. The lowest BCUT2D eigenvalue weighted by Crippen LogP contribution is -1.57. The van der Waals surface area contributed by atoms with E-state index in [0.717, 1.165) is 11.0 Å². The summed E-state index contributed by atoms with van der Waals surface area (Å²) in [5, 5.41) is 9.80. The number of rotatable bonds is 0. The molecule has 0 spiro atoms. The zero-order valence-electron chi connectivity index (χ0n) is 8.71. The largest absolute Gasteiger partial charge is 0.508 e. The average Bonchev–Trinajstić information content (AvgIpc) is 2.79. The monoisotopic (exact) mass is 212 g/mol. The third-order valence-corrected chi connectivity index (χ3v) is 2.12. The van der Waals surface area contributed by atoms with Gasteiger partial charge in [0.1, 0.15) is 11.3 Å². The molecule has 0 radical (unpaired) electrons. The van der Waals surface area contributed by atoms with Crippen LogP contribution in [0.2, 0.25) is 0 Å². The lowest BCUT2D eigenvalue weighted by atomic mass is 10.3. The second-order valence-electron chi connectivity index (χ2n) is 3.29. The summed E-state index contributed by atoms with van der Waals surface area (Å²) in [6, 6.07) is 18.6. The minimum Gasteiger partial charge on any atom is -0.508 e. The Morgan fingerprint density at radius 1 is 0.750 bits per heavy atom. The second kappa shape index (κ2) is 5.03. The van der Waals surface area contributed by atoms with Crippen LogP contribution in [0.5, 0.6) is 5.75 Å². The lowest BCUT2D eigenvalue weighted by molar-refractivity contribution is 0.475. The molecule has 0 unspecified atom stereocenters. The van der Waals surface area contributed by atoms with E-state index in [-0.39, 0.29) is 0 Å². The first-order chi connectivity index (χ1) is 7.86. The topological polar surface area (TPSA) is 33.4 Å². The van der Waals surface area contributed by atoms with Crippen LogP contribution in [0.15, 0.2) is 71.3 Å². The van der Waals surface area contributed by atoms with Crippen molar-refractivity contribution in [1.82, 2.24) is 0 Å². The Bertz CT molecular complexity index is 510. The number of hydrogen-bond donors (Lipinski definition) is 1. The zero-order valence-corrected chi connectivity index (χ0v) is 8.71. The summed E-state index contributed by atoms with van der Waals surface area (Å²) in [6.07, 6.45) is 1.70. The predicted octanol–water partition coefficient (Wildman–Crippen LogP) is 3.83. The van der Waals surface area contributed by atoms with Gasteiger partial charge in [-0.05, 0) is 24.3 Å². The fourth-order valence-corrected chi connectivity index (χ4v) is 1.33. The molecule has 1 N–H and O–H groups in total. The van der Waals surface area contributed by atoms with Crippen molar-refractivity contribution >= 4 is 11.0 Å². The quantitative estimate of drug-likeness (QED) is 0.614. The molecule has 3 rings (SSSR count). The maximum atomic E-state index is 8.63. The molecule has 0 bridgehead atoms. The number of fused-ring (bicyclic) bond motifs is 1. The number of para-hydroxylation sites is 2. The smallest absolute Gasteiger partial charge is 0.133 e. The Hall–Kier alpha value is -2.22. The molecule has 0 saturated carbocycles. The van der Waals surface area contributed by atoms with E-state index in [4.69, 9.17) is 9.52 Å². The third-order valence-electron chi connectivity index (χ3n) is 2.12. The fourth-order valence-electron chi connectivity index (χ4n) is 1.33. The summed E-state index contributed by atoms with van der Waals surface area (Å²) >= 11 is 0. The highest BCUT2D eigenvalue weighted by Crippen LogP contribution is 2.12. The van der Waals surface area contributed by atoms with Crippen molar-refractivity contribution in [3.63, 3.8) is 0 Å². The molecule has 0 aliphatic rings. The SMILES string of the molecule is Oc1ccccc1.c1ccc2occc2c1. The Morgan fingerprint density at radius 3 is 2.06 bits per heavy atom. The van der Waals surface area contributed by atoms with Crippen molar-refractivity contribution in [1.29, 1.82) is 0 Å². The van der Waals surface area contributed by atoms with E-state index in [9.17, 15) is 0 Å². The van der Waals surface area contributed by atoms with E-state index in [1.807, 2.05) is 36.4 Å². The maximum Gasteiger partial charge on any atom is 0.133 e. The van der Waals surface area contributed by atoms with Crippen LogP contribution < -0.4 is 0 Å². The van der Waals surface area contributed by atoms with Crippen molar-refractivity contribution in [2.75, 3.05) is 0 Å². The van der Waals surface area contributed by atoms with E-state index in [1.165, 1.54) is 0 Å². The molecular weight excluding hydrogens is 200 g/mol. The lowest BCUT2D eigenvalue weighted by Gasteiger charge is -1.82. The summed E-state index contributed by atoms with van der Waals surface area (Å²) in [4.78, 5) is 0. The van der Waals surface area contributed by atoms with Crippen LogP contribution in [-0.4, -0.2) is 5.11 Å². The van der Waals surface area contributed by atoms with Crippen molar-refractivity contribution in [3.8, 4) is 5.75 Å². The minimum atomic E-state index is 0.322. The van der Waals surface area contributed by atoms with Crippen LogP contribution >= 0.6 is 0 Å². The van der Waals surface area contributed by atoms with Gasteiger partial charge < -0.3 is 9.52 Å². The van der Waals surface area contributed by atoms with Gasteiger partial charge in [0.25, 0.3) is 0 Å². The molecule has 2 nitrogen and oxygen atoms in total. The number of benzene rings is 2. The highest BCUT2D eigenvalue weighted by molar-refractivity contribution is 5.76. The summed E-state index contributed by atoms with van der Waals surface area (Å²) in [5.41, 5.74) is 0.956. The fraction of sp³-hybridized carbons (Fsp3) is 0. The maximum absolute atomic E-state index is 8.63. The summed E-state index contributed by atoms with van der Waals surface area (Å²) in [5.74, 6) is 0.322. The van der Waals surface area contributed by atoms with E-state index in [2.05, 4.69) is 0 Å². The molecular formula is C14H12O2. The van der Waals surface area contributed by atoms with Gasteiger partial charge in [-0.15, -0.1) is 0 Å². The molecule has 0 amide bonds. The molecule has 0 aliphatic heterocycles. The first-order valence-electron chi connectivity index (χ1n) is 5.02.